The Morgan fingerprint density at radius 1 is 1.16 bits per heavy atom. The van der Waals surface area contributed by atoms with Crippen LogP contribution in [0.3, 0.4) is 0 Å². The number of benzene rings is 1. The summed E-state index contributed by atoms with van der Waals surface area (Å²) in [5.41, 5.74) is 2.06. The van der Waals surface area contributed by atoms with Gasteiger partial charge in [-0.15, -0.1) is 0 Å². The molecule has 1 saturated carbocycles. The number of hydrogen-bond acceptors (Lipinski definition) is 4. The molecule has 0 amide bonds. The third-order valence-electron chi connectivity index (χ3n) is 6.29. The van der Waals surface area contributed by atoms with Gasteiger partial charge in [-0.2, -0.15) is 12.7 Å². The summed E-state index contributed by atoms with van der Waals surface area (Å²) in [5, 5.41) is 9.12. The molecule has 2 N–H and O–H groups in total. The maximum atomic E-state index is 13.3. The van der Waals surface area contributed by atoms with E-state index in [9.17, 15) is 13.2 Å². The van der Waals surface area contributed by atoms with Crippen LogP contribution >= 0.6 is 0 Å². The molecular weight excluding hydrogens is 426 g/mol. The first-order chi connectivity index (χ1) is 15.3. The van der Waals surface area contributed by atoms with Gasteiger partial charge in [-0.3, -0.25) is 4.72 Å². The van der Waals surface area contributed by atoms with Crippen LogP contribution in [0.1, 0.15) is 65.7 Å². The fourth-order valence-electron chi connectivity index (χ4n) is 4.76. The summed E-state index contributed by atoms with van der Waals surface area (Å²) in [6, 6.07) is 8.78. The van der Waals surface area contributed by atoms with E-state index >= 15 is 0 Å². The van der Waals surface area contributed by atoms with Crippen LogP contribution in [-0.4, -0.2) is 41.4 Å². The van der Waals surface area contributed by atoms with Gasteiger partial charge in [-0.05, 0) is 62.3 Å². The largest absolute Gasteiger partial charge is 0.477 e. The zero-order valence-electron chi connectivity index (χ0n) is 18.0. The number of piperidine rings is 1. The van der Waals surface area contributed by atoms with Crippen LogP contribution in [0.2, 0.25) is 0 Å². The molecule has 1 saturated heterocycles. The van der Waals surface area contributed by atoms with Crippen LogP contribution < -0.4 is 4.72 Å². The number of aryl methyl sites for hydroxylation is 1. The number of carboxylic acids is 1. The lowest BCUT2D eigenvalue weighted by atomic mass is 9.79. The number of pyridine rings is 1. The summed E-state index contributed by atoms with van der Waals surface area (Å²) in [4.78, 5) is 15.1. The van der Waals surface area contributed by atoms with E-state index < -0.39 is 16.2 Å². The van der Waals surface area contributed by atoms with Crippen molar-refractivity contribution in [2.24, 2.45) is 5.92 Å². The predicted molar refractivity (Wildman–Crippen MR) is 123 cm³/mol. The Bertz CT molecular complexity index is 1180. The Labute approximate surface area is 189 Å². The van der Waals surface area contributed by atoms with E-state index in [4.69, 9.17) is 5.11 Å². The number of anilines is 1. The van der Waals surface area contributed by atoms with Crippen molar-refractivity contribution in [3.8, 4) is 11.8 Å². The number of aromatic carboxylic acids is 1. The molecule has 2 aromatic rings. The molecule has 168 valence electrons. The van der Waals surface area contributed by atoms with Gasteiger partial charge < -0.3 is 5.11 Å². The highest BCUT2D eigenvalue weighted by Gasteiger charge is 2.39. The highest BCUT2D eigenvalue weighted by molar-refractivity contribution is 7.90. The number of nitrogens with zero attached hydrogens (tertiary/aromatic N) is 2. The fraction of sp³-hybridized carbons (Fsp3) is 0.417. The standard InChI is InChI=1S/C24H27N3O4S/c1-17-15-18(16-25-23(17)24(28)29)12-13-19-7-2-4-10-21(19)26-32(30,31)27-14-6-9-20-8-3-5-11-22(20)27/h2,4,7,10,15-16,20,22,26H,3,5-6,8-9,11,14H2,1H3,(H,28,29)/t20-,22+/m0/s1. The molecule has 1 aromatic heterocycles. The summed E-state index contributed by atoms with van der Waals surface area (Å²) >= 11 is 0. The summed E-state index contributed by atoms with van der Waals surface area (Å²) in [6.45, 7) is 2.21. The first-order valence-electron chi connectivity index (χ1n) is 11.0. The number of para-hydroxylation sites is 1. The van der Waals surface area contributed by atoms with E-state index in [0.717, 1.165) is 32.1 Å². The van der Waals surface area contributed by atoms with Crippen molar-refractivity contribution < 1.29 is 18.3 Å². The minimum atomic E-state index is -3.70. The average Bonchev–Trinajstić information content (AvgIpc) is 2.77. The minimum Gasteiger partial charge on any atom is -0.477 e. The van der Waals surface area contributed by atoms with Crippen LogP contribution in [0.4, 0.5) is 5.69 Å². The molecule has 2 heterocycles. The Hall–Kier alpha value is -2.89. The third-order valence-corrected chi connectivity index (χ3v) is 7.84. The first-order valence-corrected chi connectivity index (χ1v) is 12.4. The summed E-state index contributed by atoms with van der Waals surface area (Å²) in [5.74, 6) is 5.34. The molecule has 2 atom stereocenters. The zero-order valence-corrected chi connectivity index (χ0v) is 18.9. The smallest absolute Gasteiger partial charge is 0.354 e. The van der Waals surface area contributed by atoms with Crippen LogP contribution in [0.5, 0.6) is 0 Å². The fourth-order valence-corrected chi connectivity index (χ4v) is 6.34. The van der Waals surface area contributed by atoms with E-state index in [2.05, 4.69) is 21.5 Å². The lowest BCUT2D eigenvalue weighted by Crippen LogP contribution is -2.51. The summed E-state index contributed by atoms with van der Waals surface area (Å²) < 4.78 is 31.0. The molecule has 0 bridgehead atoms. The lowest BCUT2D eigenvalue weighted by Gasteiger charge is -2.43. The van der Waals surface area contributed by atoms with Crippen molar-refractivity contribution in [2.75, 3.05) is 11.3 Å². The molecule has 2 fully saturated rings. The van der Waals surface area contributed by atoms with Gasteiger partial charge in [0.2, 0.25) is 0 Å². The molecule has 8 heteroatoms. The monoisotopic (exact) mass is 453 g/mol. The Balaban J connectivity index is 1.57. The summed E-state index contributed by atoms with van der Waals surface area (Å²) in [7, 11) is -3.70. The van der Waals surface area contributed by atoms with Crippen molar-refractivity contribution >= 4 is 21.9 Å². The maximum absolute atomic E-state index is 13.3. The molecule has 2 aliphatic rings. The second kappa shape index (κ2) is 9.31. The minimum absolute atomic E-state index is 0.00809. The SMILES string of the molecule is Cc1cc(C#Cc2ccccc2NS(=O)(=O)N2CCC[C@@H]3CCCC[C@H]32)cnc1C(=O)O. The quantitative estimate of drug-likeness (QED) is 0.686. The molecule has 32 heavy (non-hydrogen) atoms. The van der Waals surface area contributed by atoms with E-state index in [1.54, 1.807) is 41.6 Å². The van der Waals surface area contributed by atoms with Gasteiger partial charge in [0.1, 0.15) is 0 Å². The van der Waals surface area contributed by atoms with Crippen molar-refractivity contribution in [2.45, 2.75) is 51.5 Å². The second-order valence-corrected chi connectivity index (χ2v) is 10.1. The Morgan fingerprint density at radius 2 is 1.91 bits per heavy atom. The van der Waals surface area contributed by atoms with E-state index in [1.165, 1.54) is 12.6 Å². The molecule has 1 aromatic carbocycles. The van der Waals surface area contributed by atoms with Gasteiger partial charge in [0.05, 0.1) is 5.69 Å². The zero-order chi connectivity index (χ0) is 22.7. The average molecular weight is 454 g/mol. The van der Waals surface area contributed by atoms with Gasteiger partial charge in [0.25, 0.3) is 0 Å². The van der Waals surface area contributed by atoms with Gasteiger partial charge in [-0.25, -0.2) is 9.78 Å². The number of fused-ring (bicyclic) bond motifs is 1. The predicted octanol–water partition coefficient (Wildman–Crippen LogP) is 3.80. The van der Waals surface area contributed by atoms with E-state index in [-0.39, 0.29) is 11.7 Å². The lowest BCUT2D eigenvalue weighted by molar-refractivity contribution is 0.0689. The van der Waals surface area contributed by atoms with Crippen molar-refractivity contribution in [1.82, 2.24) is 9.29 Å². The highest BCUT2D eigenvalue weighted by atomic mass is 32.2. The molecule has 0 spiro atoms. The molecule has 4 rings (SSSR count). The van der Waals surface area contributed by atoms with E-state index in [1.807, 2.05) is 0 Å². The number of carboxylic acid groups (broad SMARTS) is 1. The van der Waals surface area contributed by atoms with Crippen molar-refractivity contribution in [3.05, 3.63) is 58.9 Å². The van der Waals surface area contributed by atoms with Crippen LogP contribution in [0.25, 0.3) is 0 Å². The number of aromatic nitrogens is 1. The second-order valence-electron chi connectivity index (χ2n) is 8.46. The van der Waals surface area contributed by atoms with Gasteiger partial charge in [-0.1, -0.05) is 36.8 Å². The molecule has 1 aliphatic carbocycles. The van der Waals surface area contributed by atoms with Gasteiger partial charge in [0.15, 0.2) is 5.69 Å². The van der Waals surface area contributed by atoms with E-state index in [0.29, 0.717) is 34.8 Å². The molecular formula is C24H27N3O4S. The highest BCUT2D eigenvalue weighted by Crippen LogP contribution is 2.37. The normalized spacial score (nSPS) is 21.2. The van der Waals surface area contributed by atoms with Crippen LogP contribution in [-0.2, 0) is 10.2 Å². The third kappa shape index (κ3) is 4.79. The van der Waals surface area contributed by atoms with Crippen molar-refractivity contribution in [3.63, 3.8) is 0 Å². The van der Waals surface area contributed by atoms with Crippen LogP contribution in [0.15, 0.2) is 36.5 Å². The molecule has 0 unspecified atom stereocenters. The van der Waals surface area contributed by atoms with Gasteiger partial charge >= 0.3 is 16.2 Å². The molecule has 1 aliphatic heterocycles. The number of nitrogens with one attached hydrogen (secondary N) is 1. The summed E-state index contributed by atoms with van der Waals surface area (Å²) in [6.07, 6.45) is 7.69. The molecule has 7 nitrogen and oxygen atoms in total. The number of hydrogen-bond donors (Lipinski definition) is 2. The van der Waals surface area contributed by atoms with Gasteiger partial charge in [0, 0.05) is 29.9 Å². The Kier molecular flexibility index (Phi) is 6.49. The van der Waals surface area contributed by atoms with Crippen LogP contribution in [0, 0.1) is 24.7 Å². The number of rotatable bonds is 4. The Morgan fingerprint density at radius 3 is 2.69 bits per heavy atom. The maximum Gasteiger partial charge on any atom is 0.354 e. The topological polar surface area (TPSA) is 99.6 Å². The molecule has 0 radical (unpaired) electrons. The number of carbonyl (C=O) groups is 1. The first kappa shape index (κ1) is 22.3. The van der Waals surface area contributed by atoms with Crippen molar-refractivity contribution in [1.29, 1.82) is 0 Å².